The number of anilines is 1. The van der Waals surface area contributed by atoms with Gasteiger partial charge in [0.2, 0.25) is 5.91 Å². The zero-order chi connectivity index (χ0) is 13.7. The maximum atomic E-state index is 12.3. The molecule has 1 amide bonds. The number of benzene rings is 2. The van der Waals surface area contributed by atoms with Crippen LogP contribution in [0.1, 0.15) is 12.5 Å². The summed E-state index contributed by atoms with van der Waals surface area (Å²) in [6.45, 7) is 1.90. The molecule has 2 aromatic rings. The molecule has 0 aliphatic carbocycles. The predicted octanol–water partition coefficient (Wildman–Crippen LogP) is 3.49. The van der Waals surface area contributed by atoms with Crippen LogP contribution in [0.5, 0.6) is 0 Å². The van der Waals surface area contributed by atoms with E-state index >= 15 is 0 Å². The summed E-state index contributed by atoms with van der Waals surface area (Å²) in [5.41, 5.74) is 2.08. The molecular weight excluding hydrogens is 234 g/mol. The van der Waals surface area contributed by atoms with Gasteiger partial charge in [0.25, 0.3) is 0 Å². The van der Waals surface area contributed by atoms with Crippen molar-refractivity contribution in [1.82, 2.24) is 0 Å². The van der Waals surface area contributed by atoms with Crippen LogP contribution in [-0.4, -0.2) is 13.0 Å². The van der Waals surface area contributed by atoms with Crippen LogP contribution in [0.2, 0.25) is 0 Å². The number of nitrogens with zero attached hydrogens (tertiary/aromatic N) is 1. The van der Waals surface area contributed by atoms with Crippen LogP contribution in [0.3, 0.4) is 0 Å². The van der Waals surface area contributed by atoms with Gasteiger partial charge in [-0.2, -0.15) is 0 Å². The van der Waals surface area contributed by atoms with E-state index < -0.39 is 0 Å². The van der Waals surface area contributed by atoms with E-state index in [0.29, 0.717) is 6.42 Å². The van der Waals surface area contributed by atoms with Crippen LogP contribution in [0, 0.1) is 5.92 Å². The van der Waals surface area contributed by atoms with E-state index in [0.717, 1.165) is 17.2 Å². The van der Waals surface area contributed by atoms with Crippen molar-refractivity contribution in [2.24, 2.45) is 0 Å². The van der Waals surface area contributed by atoms with Gasteiger partial charge >= 0.3 is 0 Å². The number of carbonyl (C=O) groups is 1. The van der Waals surface area contributed by atoms with E-state index in [-0.39, 0.29) is 5.91 Å². The summed E-state index contributed by atoms with van der Waals surface area (Å²) in [6.07, 6.45) is 0.691. The van der Waals surface area contributed by atoms with E-state index in [1.165, 1.54) is 0 Å². The Hall–Kier alpha value is -2.09. The summed E-state index contributed by atoms with van der Waals surface area (Å²) in [4.78, 5) is 14.0. The summed E-state index contributed by atoms with van der Waals surface area (Å²) in [6, 6.07) is 19.7. The van der Waals surface area contributed by atoms with Gasteiger partial charge in [0.1, 0.15) is 0 Å². The summed E-state index contributed by atoms with van der Waals surface area (Å²) < 4.78 is 0. The Kier molecular flexibility index (Phi) is 4.35. The number of rotatable bonds is 4. The molecule has 0 aliphatic heterocycles. The average molecular weight is 252 g/mol. The highest BCUT2D eigenvalue weighted by Gasteiger charge is 2.19. The van der Waals surface area contributed by atoms with E-state index in [2.05, 4.69) is 0 Å². The molecular formula is C17H18NO. The molecule has 0 saturated carbocycles. The molecule has 2 nitrogen and oxygen atoms in total. The highest BCUT2D eigenvalue weighted by atomic mass is 16.2. The lowest BCUT2D eigenvalue weighted by Crippen LogP contribution is -2.31. The summed E-state index contributed by atoms with van der Waals surface area (Å²) in [7, 11) is 1.81. The third kappa shape index (κ3) is 3.44. The Bertz CT molecular complexity index is 521. The van der Waals surface area contributed by atoms with Crippen molar-refractivity contribution in [3.05, 3.63) is 72.1 Å². The zero-order valence-electron chi connectivity index (χ0n) is 11.3. The van der Waals surface area contributed by atoms with E-state index in [1.807, 2.05) is 74.6 Å². The summed E-state index contributed by atoms with van der Waals surface area (Å²) >= 11 is 0. The van der Waals surface area contributed by atoms with Crippen molar-refractivity contribution in [2.75, 3.05) is 11.9 Å². The maximum absolute atomic E-state index is 12.3. The lowest BCUT2D eigenvalue weighted by atomic mass is 10.00. The average Bonchev–Trinajstić information content (AvgIpc) is 2.47. The van der Waals surface area contributed by atoms with Gasteiger partial charge < -0.3 is 4.90 Å². The first-order valence-electron chi connectivity index (χ1n) is 6.38. The molecule has 0 unspecified atom stereocenters. The zero-order valence-corrected chi connectivity index (χ0v) is 11.3. The Labute approximate surface area is 114 Å². The number of hydrogen-bond acceptors (Lipinski definition) is 1. The molecule has 0 aliphatic rings. The fourth-order valence-corrected chi connectivity index (χ4v) is 2.03. The van der Waals surface area contributed by atoms with Gasteiger partial charge in [-0.15, -0.1) is 0 Å². The Morgan fingerprint density at radius 3 is 2.05 bits per heavy atom. The minimum atomic E-state index is 0.0649. The van der Waals surface area contributed by atoms with Crippen molar-refractivity contribution in [3.8, 4) is 0 Å². The highest BCUT2D eigenvalue weighted by Crippen LogP contribution is 2.18. The second-order valence-corrected chi connectivity index (χ2v) is 4.64. The number of hydrogen-bond donors (Lipinski definition) is 0. The third-order valence-corrected chi connectivity index (χ3v) is 3.13. The molecule has 2 rings (SSSR count). The molecule has 0 fully saturated rings. The van der Waals surface area contributed by atoms with Crippen LogP contribution >= 0.6 is 0 Å². The maximum Gasteiger partial charge on any atom is 0.234 e. The molecule has 2 heteroatoms. The predicted molar refractivity (Wildman–Crippen MR) is 78.9 cm³/mol. The number of amides is 1. The third-order valence-electron chi connectivity index (χ3n) is 3.13. The van der Waals surface area contributed by atoms with Gasteiger partial charge in [-0.3, -0.25) is 4.79 Å². The second kappa shape index (κ2) is 6.19. The first kappa shape index (κ1) is 13.3. The van der Waals surface area contributed by atoms with Crippen LogP contribution in [0.4, 0.5) is 5.69 Å². The van der Waals surface area contributed by atoms with Gasteiger partial charge in [0, 0.05) is 12.7 Å². The first-order chi connectivity index (χ1) is 9.18. The van der Waals surface area contributed by atoms with Gasteiger partial charge in [0.05, 0.1) is 5.92 Å². The van der Waals surface area contributed by atoms with Crippen LogP contribution in [0.15, 0.2) is 60.7 Å². The molecule has 0 N–H and O–H groups in total. The van der Waals surface area contributed by atoms with E-state index in [9.17, 15) is 4.79 Å². The van der Waals surface area contributed by atoms with Crippen LogP contribution in [0.25, 0.3) is 0 Å². The van der Waals surface area contributed by atoms with E-state index in [4.69, 9.17) is 0 Å². The Morgan fingerprint density at radius 1 is 0.947 bits per heavy atom. The molecule has 0 atom stereocenters. The van der Waals surface area contributed by atoms with Crippen LogP contribution in [-0.2, 0) is 11.2 Å². The number of carbonyl (C=O) groups excluding carboxylic acids is 1. The first-order valence-corrected chi connectivity index (χ1v) is 6.38. The summed E-state index contributed by atoms with van der Waals surface area (Å²) in [5, 5.41) is 0. The van der Waals surface area contributed by atoms with Crippen molar-refractivity contribution >= 4 is 11.6 Å². The molecule has 0 aromatic heterocycles. The van der Waals surface area contributed by atoms with Crippen molar-refractivity contribution in [3.63, 3.8) is 0 Å². The Balaban J connectivity index is 2.03. The normalized spacial score (nSPS) is 10.5. The van der Waals surface area contributed by atoms with Gasteiger partial charge in [-0.1, -0.05) is 48.5 Å². The molecule has 97 valence electrons. The monoisotopic (exact) mass is 252 g/mol. The molecule has 0 saturated heterocycles. The molecule has 0 spiro atoms. The fraction of sp³-hybridized carbons (Fsp3) is 0.176. The fourth-order valence-electron chi connectivity index (χ4n) is 2.03. The number of para-hydroxylation sites is 1. The van der Waals surface area contributed by atoms with Crippen LogP contribution < -0.4 is 4.90 Å². The minimum Gasteiger partial charge on any atom is -0.315 e. The van der Waals surface area contributed by atoms with Gasteiger partial charge in [0.15, 0.2) is 0 Å². The standard InChI is InChI=1S/C17H18NO/c1-14(13-15-9-5-3-6-10-15)17(19)18(2)16-11-7-4-8-12-16/h3-12H,13H2,1-2H3. The lowest BCUT2D eigenvalue weighted by molar-refractivity contribution is -0.116. The highest BCUT2D eigenvalue weighted by molar-refractivity contribution is 6.02. The second-order valence-electron chi connectivity index (χ2n) is 4.64. The molecule has 0 heterocycles. The molecule has 1 radical (unpaired) electrons. The van der Waals surface area contributed by atoms with Gasteiger partial charge in [-0.05, 0) is 31.0 Å². The smallest absolute Gasteiger partial charge is 0.234 e. The largest absolute Gasteiger partial charge is 0.315 e. The van der Waals surface area contributed by atoms with Crippen molar-refractivity contribution < 1.29 is 4.79 Å². The Morgan fingerprint density at radius 2 is 1.47 bits per heavy atom. The quantitative estimate of drug-likeness (QED) is 0.815. The van der Waals surface area contributed by atoms with Gasteiger partial charge in [-0.25, -0.2) is 0 Å². The SMILES string of the molecule is C[C](Cc1ccccc1)C(=O)N(C)c1ccccc1. The van der Waals surface area contributed by atoms with Crippen molar-refractivity contribution in [2.45, 2.75) is 13.3 Å². The topological polar surface area (TPSA) is 20.3 Å². The van der Waals surface area contributed by atoms with Crippen molar-refractivity contribution in [1.29, 1.82) is 0 Å². The minimum absolute atomic E-state index is 0.0649. The lowest BCUT2D eigenvalue weighted by Gasteiger charge is -2.21. The van der Waals surface area contributed by atoms with E-state index in [1.54, 1.807) is 4.90 Å². The summed E-state index contributed by atoms with van der Waals surface area (Å²) in [5.74, 6) is 0.910. The molecule has 0 bridgehead atoms. The molecule has 19 heavy (non-hydrogen) atoms. The molecule has 2 aromatic carbocycles.